The average Bonchev–Trinajstić information content (AvgIpc) is 3.16. The number of hydrogen-bond acceptors (Lipinski definition) is 4. The van der Waals surface area contributed by atoms with Gasteiger partial charge in [-0.25, -0.2) is 14.4 Å². The van der Waals surface area contributed by atoms with Crippen molar-refractivity contribution in [3.05, 3.63) is 83.2 Å². The first-order chi connectivity index (χ1) is 13.9. The van der Waals surface area contributed by atoms with E-state index in [2.05, 4.69) is 10.4 Å². The maximum absolute atomic E-state index is 12.9. The minimum Gasteiger partial charge on any atom is -0.273 e. The summed E-state index contributed by atoms with van der Waals surface area (Å²) in [6, 6.07) is 13.9. The van der Waals surface area contributed by atoms with Gasteiger partial charge in [0.1, 0.15) is 5.57 Å². The molecule has 0 spiro atoms. The van der Waals surface area contributed by atoms with Crippen LogP contribution in [0.25, 0.3) is 11.8 Å². The molecular weight excluding hydrogens is 368 g/mol. The van der Waals surface area contributed by atoms with Gasteiger partial charge in [-0.3, -0.25) is 14.9 Å². The third-order valence-corrected chi connectivity index (χ3v) is 4.61. The van der Waals surface area contributed by atoms with E-state index in [-0.39, 0.29) is 5.57 Å². The summed E-state index contributed by atoms with van der Waals surface area (Å²) in [5, 5.41) is 6.50. The number of carbonyl (C=O) groups is 3. The van der Waals surface area contributed by atoms with E-state index in [1.54, 1.807) is 41.3 Å². The number of imide groups is 2. The van der Waals surface area contributed by atoms with Crippen LogP contribution in [-0.2, 0) is 9.59 Å². The molecule has 1 aliphatic rings. The third-order valence-electron chi connectivity index (χ3n) is 4.61. The standard InChI is InChI=1S/C22H18N4O3/c1-14-3-7-17(8-4-14)25-13-16(12-23-25)11-19-20(27)24-22(29)26(21(19)28)18-9-5-15(2)6-10-18/h3-13H,1-2H3,(H,24,27,29). The lowest BCUT2D eigenvalue weighted by atomic mass is 10.1. The molecule has 0 atom stereocenters. The molecule has 0 radical (unpaired) electrons. The minimum absolute atomic E-state index is 0.131. The average molecular weight is 386 g/mol. The highest BCUT2D eigenvalue weighted by molar-refractivity contribution is 6.39. The largest absolute Gasteiger partial charge is 0.335 e. The van der Waals surface area contributed by atoms with Gasteiger partial charge in [-0.2, -0.15) is 5.10 Å². The smallest absolute Gasteiger partial charge is 0.273 e. The van der Waals surface area contributed by atoms with E-state index in [0.717, 1.165) is 21.7 Å². The summed E-state index contributed by atoms with van der Waals surface area (Å²) < 4.78 is 1.65. The lowest BCUT2D eigenvalue weighted by molar-refractivity contribution is -0.122. The minimum atomic E-state index is -0.767. The first kappa shape index (κ1) is 18.4. The topological polar surface area (TPSA) is 84.3 Å². The van der Waals surface area contributed by atoms with Crippen LogP contribution in [0.15, 0.2) is 66.5 Å². The number of barbiturate groups is 1. The van der Waals surface area contributed by atoms with Crippen LogP contribution in [-0.4, -0.2) is 27.6 Å². The molecule has 144 valence electrons. The van der Waals surface area contributed by atoms with Gasteiger partial charge < -0.3 is 0 Å². The second kappa shape index (κ2) is 7.20. The summed E-state index contributed by atoms with van der Waals surface area (Å²) in [6.07, 6.45) is 4.70. The van der Waals surface area contributed by atoms with Crippen molar-refractivity contribution in [1.82, 2.24) is 15.1 Å². The first-order valence-corrected chi connectivity index (χ1v) is 9.02. The van der Waals surface area contributed by atoms with Crippen LogP contribution in [0.1, 0.15) is 16.7 Å². The molecule has 1 N–H and O–H groups in total. The highest BCUT2D eigenvalue weighted by Crippen LogP contribution is 2.22. The lowest BCUT2D eigenvalue weighted by Crippen LogP contribution is -2.54. The normalized spacial score (nSPS) is 15.7. The predicted molar refractivity (Wildman–Crippen MR) is 108 cm³/mol. The molecule has 2 heterocycles. The van der Waals surface area contributed by atoms with Gasteiger partial charge in [0.15, 0.2) is 0 Å². The molecule has 1 fully saturated rings. The van der Waals surface area contributed by atoms with Gasteiger partial charge in [-0.05, 0) is 44.2 Å². The van der Waals surface area contributed by atoms with Gasteiger partial charge in [0.2, 0.25) is 0 Å². The number of nitrogens with zero attached hydrogens (tertiary/aromatic N) is 3. The highest BCUT2D eigenvalue weighted by Gasteiger charge is 2.36. The van der Waals surface area contributed by atoms with E-state index in [1.807, 2.05) is 38.1 Å². The van der Waals surface area contributed by atoms with Crippen molar-refractivity contribution in [1.29, 1.82) is 0 Å². The Bertz CT molecular complexity index is 1140. The van der Waals surface area contributed by atoms with Crippen LogP contribution in [0, 0.1) is 13.8 Å². The zero-order valence-corrected chi connectivity index (χ0v) is 15.9. The van der Waals surface area contributed by atoms with Gasteiger partial charge in [-0.15, -0.1) is 0 Å². The van der Waals surface area contributed by atoms with E-state index in [4.69, 9.17) is 0 Å². The van der Waals surface area contributed by atoms with Crippen molar-refractivity contribution in [2.75, 3.05) is 4.90 Å². The predicted octanol–water partition coefficient (Wildman–Crippen LogP) is 3.16. The number of anilines is 1. The van der Waals surface area contributed by atoms with E-state index in [9.17, 15) is 14.4 Å². The Labute approximate surface area is 167 Å². The van der Waals surface area contributed by atoms with E-state index in [0.29, 0.717) is 11.3 Å². The maximum Gasteiger partial charge on any atom is 0.335 e. The number of carbonyl (C=O) groups excluding carboxylic acids is 3. The molecule has 1 aliphatic heterocycles. The number of aromatic nitrogens is 2. The number of urea groups is 1. The van der Waals surface area contributed by atoms with Crippen LogP contribution < -0.4 is 10.2 Å². The van der Waals surface area contributed by atoms with E-state index in [1.165, 1.54) is 6.08 Å². The molecule has 0 unspecified atom stereocenters. The SMILES string of the molecule is Cc1ccc(N2C(=O)NC(=O)C(=Cc3cnn(-c4ccc(C)cc4)c3)C2=O)cc1. The molecule has 4 amide bonds. The fourth-order valence-corrected chi connectivity index (χ4v) is 3.00. The number of rotatable bonds is 3. The quantitative estimate of drug-likeness (QED) is 0.554. The zero-order chi connectivity index (χ0) is 20.5. The summed E-state index contributed by atoms with van der Waals surface area (Å²) in [5.74, 6) is -1.41. The van der Waals surface area contributed by atoms with Crippen LogP contribution in [0.3, 0.4) is 0 Å². The fourth-order valence-electron chi connectivity index (χ4n) is 3.00. The van der Waals surface area contributed by atoms with Gasteiger partial charge in [0.25, 0.3) is 11.8 Å². The number of nitrogens with one attached hydrogen (secondary N) is 1. The monoisotopic (exact) mass is 386 g/mol. The van der Waals surface area contributed by atoms with Crippen molar-refractivity contribution >= 4 is 29.6 Å². The van der Waals surface area contributed by atoms with Crippen molar-refractivity contribution in [2.45, 2.75) is 13.8 Å². The molecule has 2 aromatic carbocycles. The van der Waals surface area contributed by atoms with Gasteiger partial charge in [0, 0.05) is 11.8 Å². The highest BCUT2D eigenvalue weighted by atomic mass is 16.2. The second-order valence-electron chi connectivity index (χ2n) is 6.85. The summed E-state index contributed by atoms with van der Waals surface area (Å²) in [6.45, 7) is 3.90. The zero-order valence-electron chi connectivity index (χ0n) is 15.9. The van der Waals surface area contributed by atoms with Crippen LogP contribution in [0.4, 0.5) is 10.5 Å². The lowest BCUT2D eigenvalue weighted by Gasteiger charge is -2.26. The van der Waals surface area contributed by atoms with Crippen LogP contribution in [0.2, 0.25) is 0 Å². The van der Waals surface area contributed by atoms with Crippen molar-refractivity contribution in [3.8, 4) is 5.69 Å². The molecule has 3 aromatic rings. The number of benzene rings is 2. The molecule has 1 aromatic heterocycles. The van der Waals surface area contributed by atoms with Crippen molar-refractivity contribution < 1.29 is 14.4 Å². The van der Waals surface area contributed by atoms with Crippen molar-refractivity contribution in [3.63, 3.8) is 0 Å². The number of hydrogen-bond donors (Lipinski definition) is 1. The van der Waals surface area contributed by atoms with Crippen LogP contribution in [0.5, 0.6) is 0 Å². The third kappa shape index (κ3) is 3.58. The Hall–Kier alpha value is -4.00. The number of aryl methyl sites for hydroxylation is 2. The molecule has 1 saturated heterocycles. The molecule has 0 saturated carbocycles. The van der Waals surface area contributed by atoms with Crippen LogP contribution >= 0.6 is 0 Å². The summed E-state index contributed by atoms with van der Waals surface area (Å²) in [7, 11) is 0. The van der Waals surface area contributed by atoms with Gasteiger partial charge in [-0.1, -0.05) is 35.4 Å². The molecular formula is C22H18N4O3. The Morgan fingerprint density at radius 1 is 0.862 bits per heavy atom. The maximum atomic E-state index is 12.9. The molecule has 4 rings (SSSR count). The number of amides is 4. The summed E-state index contributed by atoms with van der Waals surface area (Å²) >= 11 is 0. The fraction of sp³-hybridized carbons (Fsp3) is 0.0909. The Morgan fingerprint density at radius 2 is 1.45 bits per heavy atom. The Kier molecular flexibility index (Phi) is 4.56. The second-order valence-corrected chi connectivity index (χ2v) is 6.85. The molecule has 0 bridgehead atoms. The van der Waals surface area contributed by atoms with Crippen molar-refractivity contribution in [2.24, 2.45) is 0 Å². The van der Waals surface area contributed by atoms with Gasteiger partial charge in [0.05, 0.1) is 17.6 Å². The molecule has 7 heteroatoms. The molecule has 0 aliphatic carbocycles. The Morgan fingerprint density at radius 3 is 2.07 bits per heavy atom. The molecule has 7 nitrogen and oxygen atoms in total. The molecule has 29 heavy (non-hydrogen) atoms. The summed E-state index contributed by atoms with van der Waals surface area (Å²) in [4.78, 5) is 38.4. The van der Waals surface area contributed by atoms with Gasteiger partial charge >= 0.3 is 6.03 Å². The van der Waals surface area contributed by atoms with E-state index >= 15 is 0 Å². The van der Waals surface area contributed by atoms with E-state index < -0.39 is 17.8 Å². The first-order valence-electron chi connectivity index (χ1n) is 9.02. The Balaban J connectivity index is 1.66. The summed E-state index contributed by atoms with van der Waals surface area (Å²) in [5.41, 5.74) is 3.82.